The molecule has 0 saturated carbocycles. The van der Waals surface area contributed by atoms with Crippen LogP contribution in [0.3, 0.4) is 0 Å². The summed E-state index contributed by atoms with van der Waals surface area (Å²) in [7, 11) is 0. The van der Waals surface area contributed by atoms with E-state index in [2.05, 4.69) is 9.97 Å². The van der Waals surface area contributed by atoms with Crippen molar-refractivity contribution in [1.82, 2.24) is 9.97 Å². The van der Waals surface area contributed by atoms with Gasteiger partial charge in [0.2, 0.25) is 5.65 Å². The van der Waals surface area contributed by atoms with Gasteiger partial charge in [0, 0.05) is 12.3 Å². The second kappa shape index (κ2) is 3.56. The molecule has 6 nitrogen and oxygen atoms in total. The van der Waals surface area contributed by atoms with Crippen LogP contribution in [0.15, 0.2) is 16.7 Å². The van der Waals surface area contributed by atoms with Crippen LogP contribution >= 0.6 is 0 Å². The van der Waals surface area contributed by atoms with E-state index in [1.807, 2.05) is 0 Å². The largest absolute Gasteiger partial charge is 0.462 e. The SMILES string of the molecule is CCOC(=O)c1cnc2nc(N)oc2c1. The van der Waals surface area contributed by atoms with Gasteiger partial charge in [-0.25, -0.2) is 9.78 Å². The monoisotopic (exact) mass is 207 g/mol. The summed E-state index contributed by atoms with van der Waals surface area (Å²) < 4.78 is 9.84. The van der Waals surface area contributed by atoms with Crippen molar-refractivity contribution < 1.29 is 13.9 Å². The predicted molar refractivity (Wildman–Crippen MR) is 52.2 cm³/mol. The number of hydrogen-bond donors (Lipinski definition) is 1. The third-order valence-electron chi connectivity index (χ3n) is 1.77. The first-order chi connectivity index (χ1) is 7.20. The molecule has 0 bridgehead atoms. The quantitative estimate of drug-likeness (QED) is 0.738. The topological polar surface area (TPSA) is 91.2 Å². The molecule has 0 aromatic carbocycles. The Balaban J connectivity index is 2.41. The van der Waals surface area contributed by atoms with Crippen molar-refractivity contribution in [3.8, 4) is 0 Å². The molecule has 2 heterocycles. The number of aromatic nitrogens is 2. The Morgan fingerprint density at radius 3 is 3.20 bits per heavy atom. The Morgan fingerprint density at radius 2 is 2.47 bits per heavy atom. The minimum atomic E-state index is -0.443. The van der Waals surface area contributed by atoms with E-state index in [0.29, 0.717) is 23.4 Å². The van der Waals surface area contributed by atoms with Gasteiger partial charge in [0.25, 0.3) is 6.01 Å². The molecule has 0 aliphatic rings. The first-order valence-electron chi connectivity index (χ1n) is 4.40. The van der Waals surface area contributed by atoms with Crippen molar-refractivity contribution in [2.45, 2.75) is 6.92 Å². The molecule has 0 fully saturated rings. The zero-order valence-corrected chi connectivity index (χ0v) is 8.06. The third-order valence-corrected chi connectivity index (χ3v) is 1.77. The van der Waals surface area contributed by atoms with Gasteiger partial charge in [-0.3, -0.25) is 0 Å². The van der Waals surface area contributed by atoms with Crippen molar-refractivity contribution in [2.24, 2.45) is 0 Å². The van der Waals surface area contributed by atoms with Crippen molar-refractivity contribution in [3.63, 3.8) is 0 Å². The Bertz CT molecular complexity index is 506. The molecule has 78 valence electrons. The molecule has 6 heteroatoms. The number of anilines is 1. The van der Waals surface area contributed by atoms with E-state index in [1.165, 1.54) is 12.3 Å². The number of esters is 1. The lowest BCUT2D eigenvalue weighted by Gasteiger charge is -1.99. The maximum absolute atomic E-state index is 11.3. The average Bonchev–Trinajstić information content (AvgIpc) is 2.57. The van der Waals surface area contributed by atoms with Crippen LogP contribution in [0.2, 0.25) is 0 Å². The van der Waals surface area contributed by atoms with Crippen LogP contribution in [0, 0.1) is 0 Å². The number of carbonyl (C=O) groups is 1. The van der Waals surface area contributed by atoms with Gasteiger partial charge in [0.05, 0.1) is 12.2 Å². The molecule has 2 N–H and O–H groups in total. The van der Waals surface area contributed by atoms with Crippen LogP contribution in [-0.2, 0) is 4.74 Å². The summed E-state index contributed by atoms with van der Waals surface area (Å²) in [6.45, 7) is 2.05. The number of ether oxygens (including phenoxy) is 1. The van der Waals surface area contributed by atoms with E-state index in [4.69, 9.17) is 14.9 Å². The van der Waals surface area contributed by atoms with Crippen LogP contribution < -0.4 is 5.73 Å². The lowest BCUT2D eigenvalue weighted by Crippen LogP contribution is -2.04. The molecule has 15 heavy (non-hydrogen) atoms. The molecule has 0 saturated heterocycles. The Labute approximate surface area is 85.1 Å². The molecule has 2 aromatic rings. The minimum absolute atomic E-state index is 0.0264. The molecule has 0 spiro atoms. The van der Waals surface area contributed by atoms with Gasteiger partial charge in [-0.05, 0) is 6.92 Å². The van der Waals surface area contributed by atoms with Crippen molar-refractivity contribution >= 4 is 23.2 Å². The second-order valence-electron chi connectivity index (χ2n) is 2.82. The Hall–Kier alpha value is -2.11. The summed E-state index contributed by atoms with van der Waals surface area (Å²) in [6.07, 6.45) is 1.38. The van der Waals surface area contributed by atoms with Crippen LogP contribution in [-0.4, -0.2) is 22.5 Å². The van der Waals surface area contributed by atoms with Gasteiger partial charge >= 0.3 is 5.97 Å². The van der Waals surface area contributed by atoms with E-state index < -0.39 is 5.97 Å². The van der Waals surface area contributed by atoms with E-state index >= 15 is 0 Å². The van der Waals surface area contributed by atoms with E-state index in [9.17, 15) is 4.79 Å². The first kappa shape index (κ1) is 9.45. The zero-order valence-electron chi connectivity index (χ0n) is 8.06. The van der Waals surface area contributed by atoms with Gasteiger partial charge in [-0.1, -0.05) is 0 Å². The molecule has 0 aliphatic carbocycles. The molecule has 0 aliphatic heterocycles. The normalized spacial score (nSPS) is 10.5. The van der Waals surface area contributed by atoms with Gasteiger partial charge in [0.15, 0.2) is 5.58 Å². The highest BCUT2D eigenvalue weighted by Crippen LogP contribution is 2.16. The van der Waals surface area contributed by atoms with E-state index in [-0.39, 0.29) is 6.01 Å². The number of hydrogen-bond acceptors (Lipinski definition) is 6. The molecule has 0 radical (unpaired) electrons. The van der Waals surface area contributed by atoms with Crippen molar-refractivity contribution in [2.75, 3.05) is 12.3 Å². The van der Waals surface area contributed by atoms with Crippen LogP contribution in [0.1, 0.15) is 17.3 Å². The van der Waals surface area contributed by atoms with Crippen LogP contribution in [0.5, 0.6) is 0 Å². The lowest BCUT2D eigenvalue weighted by molar-refractivity contribution is 0.0526. The van der Waals surface area contributed by atoms with Gasteiger partial charge in [0.1, 0.15) is 0 Å². The smallest absolute Gasteiger partial charge is 0.339 e. The third kappa shape index (κ3) is 1.74. The highest BCUT2D eigenvalue weighted by atomic mass is 16.5. The summed E-state index contributed by atoms with van der Waals surface area (Å²) in [6, 6.07) is 1.53. The van der Waals surface area contributed by atoms with Crippen LogP contribution in [0.25, 0.3) is 11.2 Å². The summed E-state index contributed by atoms with van der Waals surface area (Å²) in [5.74, 6) is -0.443. The van der Waals surface area contributed by atoms with Gasteiger partial charge in [-0.2, -0.15) is 4.98 Å². The summed E-state index contributed by atoms with van der Waals surface area (Å²) in [5.41, 5.74) is 6.41. The zero-order chi connectivity index (χ0) is 10.8. The molecule has 0 atom stereocenters. The number of nitrogen functional groups attached to an aromatic ring is 1. The number of oxazole rings is 1. The minimum Gasteiger partial charge on any atom is -0.462 e. The fourth-order valence-electron chi connectivity index (χ4n) is 1.16. The van der Waals surface area contributed by atoms with Gasteiger partial charge in [-0.15, -0.1) is 0 Å². The summed E-state index contributed by atoms with van der Waals surface area (Å²) >= 11 is 0. The summed E-state index contributed by atoms with van der Waals surface area (Å²) in [5, 5.41) is 0. The number of nitrogens with two attached hydrogens (primary N) is 1. The number of fused-ring (bicyclic) bond motifs is 1. The van der Waals surface area contributed by atoms with Crippen molar-refractivity contribution in [3.05, 3.63) is 17.8 Å². The number of pyridine rings is 1. The first-order valence-corrected chi connectivity index (χ1v) is 4.40. The number of carbonyl (C=O) groups excluding carboxylic acids is 1. The molecule has 0 unspecified atom stereocenters. The predicted octanol–water partition coefficient (Wildman–Crippen LogP) is 0.982. The highest BCUT2D eigenvalue weighted by Gasteiger charge is 2.11. The van der Waals surface area contributed by atoms with Gasteiger partial charge < -0.3 is 14.9 Å². The Morgan fingerprint density at radius 1 is 1.67 bits per heavy atom. The average molecular weight is 207 g/mol. The molecule has 0 amide bonds. The maximum atomic E-state index is 11.3. The number of nitrogens with zero attached hydrogens (tertiary/aromatic N) is 2. The molecular weight excluding hydrogens is 198 g/mol. The number of rotatable bonds is 2. The lowest BCUT2D eigenvalue weighted by atomic mass is 10.3. The fourth-order valence-corrected chi connectivity index (χ4v) is 1.16. The fraction of sp³-hybridized carbons (Fsp3) is 0.222. The summed E-state index contributed by atoms with van der Waals surface area (Å²) in [4.78, 5) is 19.1. The van der Waals surface area contributed by atoms with Crippen molar-refractivity contribution in [1.29, 1.82) is 0 Å². The van der Waals surface area contributed by atoms with E-state index in [0.717, 1.165) is 0 Å². The molecule has 2 aromatic heterocycles. The molecular formula is C9H9N3O3. The second-order valence-corrected chi connectivity index (χ2v) is 2.82. The standard InChI is InChI=1S/C9H9N3O3/c1-2-14-8(13)5-3-6-7(11-4-5)12-9(10)15-6/h3-4H,2H2,1H3,(H2,10,11,12). The van der Waals surface area contributed by atoms with E-state index in [1.54, 1.807) is 6.92 Å². The Kier molecular flexibility index (Phi) is 2.24. The highest BCUT2D eigenvalue weighted by molar-refractivity contribution is 5.91. The molecule has 2 rings (SSSR count). The van der Waals surface area contributed by atoms with Crippen LogP contribution in [0.4, 0.5) is 6.01 Å². The maximum Gasteiger partial charge on any atom is 0.339 e.